The largest absolute Gasteiger partial charge is 0.368 e. The maximum atomic E-state index is 12.6. The molecule has 3 aromatic carbocycles. The maximum Gasteiger partial charge on any atom is 0.255 e. The Bertz CT molecular complexity index is 1240. The number of carbonyl (C=O) groups is 1. The number of hydrogen-bond donors (Lipinski definition) is 2. The topological polar surface area (TPSA) is 80.9 Å². The molecule has 29 heavy (non-hydrogen) atoms. The summed E-state index contributed by atoms with van der Waals surface area (Å²) in [5.41, 5.74) is 10.3. The molecule has 5 nitrogen and oxygen atoms in total. The first-order chi connectivity index (χ1) is 13.9. The number of nitrogens with one attached hydrogen (secondary N) is 1. The van der Waals surface area contributed by atoms with E-state index in [1.807, 2.05) is 31.2 Å². The fourth-order valence-corrected chi connectivity index (χ4v) is 3.42. The van der Waals surface area contributed by atoms with Gasteiger partial charge in [0.1, 0.15) is 0 Å². The molecule has 4 aromatic rings. The summed E-state index contributed by atoms with van der Waals surface area (Å²) < 4.78 is 0. The van der Waals surface area contributed by atoms with Crippen molar-refractivity contribution in [2.75, 3.05) is 11.1 Å². The highest BCUT2D eigenvalue weighted by Crippen LogP contribution is 2.33. The van der Waals surface area contributed by atoms with Crippen LogP contribution in [-0.4, -0.2) is 15.9 Å². The Balaban J connectivity index is 1.71. The number of nitrogens with two attached hydrogens (primary N) is 1. The molecule has 0 fully saturated rings. The van der Waals surface area contributed by atoms with Crippen LogP contribution in [0.25, 0.3) is 22.0 Å². The first kappa shape index (κ1) is 19.2. The van der Waals surface area contributed by atoms with Crippen molar-refractivity contribution in [1.82, 2.24) is 9.97 Å². The number of amides is 1. The van der Waals surface area contributed by atoms with Crippen LogP contribution in [0.4, 0.5) is 11.6 Å². The zero-order chi connectivity index (χ0) is 20.5. The van der Waals surface area contributed by atoms with Gasteiger partial charge in [-0.05, 0) is 72.1 Å². The first-order valence-corrected chi connectivity index (χ1v) is 9.56. The van der Waals surface area contributed by atoms with Crippen LogP contribution < -0.4 is 11.1 Å². The summed E-state index contributed by atoms with van der Waals surface area (Å²) in [6.45, 7) is 1.94. The van der Waals surface area contributed by atoms with Crippen molar-refractivity contribution in [3.63, 3.8) is 0 Å². The molecule has 0 bridgehead atoms. The third-order valence-electron chi connectivity index (χ3n) is 4.62. The quantitative estimate of drug-likeness (QED) is 0.440. The van der Waals surface area contributed by atoms with E-state index in [4.69, 9.17) is 28.9 Å². The van der Waals surface area contributed by atoms with Gasteiger partial charge in [0.25, 0.3) is 5.91 Å². The van der Waals surface area contributed by atoms with Crippen molar-refractivity contribution >= 4 is 51.6 Å². The van der Waals surface area contributed by atoms with Crippen LogP contribution in [0.2, 0.25) is 10.0 Å². The highest BCUT2D eigenvalue weighted by molar-refractivity contribution is 6.32. The van der Waals surface area contributed by atoms with Gasteiger partial charge in [0, 0.05) is 32.9 Å². The molecule has 7 heteroatoms. The van der Waals surface area contributed by atoms with Crippen LogP contribution in [0.5, 0.6) is 0 Å². The number of anilines is 2. The predicted octanol–water partition coefficient (Wildman–Crippen LogP) is 5.75. The van der Waals surface area contributed by atoms with Crippen molar-refractivity contribution in [2.45, 2.75) is 6.92 Å². The molecule has 1 amide bonds. The Morgan fingerprint density at radius 1 is 1.03 bits per heavy atom. The second kappa shape index (κ2) is 7.70. The summed E-state index contributed by atoms with van der Waals surface area (Å²) in [6.07, 6.45) is 1.68. The summed E-state index contributed by atoms with van der Waals surface area (Å²) in [6, 6.07) is 16.1. The van der Waals surface area contributed by atoms with Gasteiger partial charge in [-0.1, -0.05) is 29.3 Å². The molecule has 1 heterocycles. The van der Waals surface area contributed by atoms with Crippen LogP contribution in [0.3, 0.4) is 0 Å². The molecular formula is C22H16Cl2N4O. The molecule has 0 aliphatic rings. The standard InChI is InChI=1S/C22H16Cl2N4O/c1-12-18(14-4-7-20-15(8-14)11-26-22(25)28-20)9-17(10-19(12)24)27-21(29)13-2-5-16(23)6-3-13/h2-11H,1H3,(H,27,29)(H2,25,26,28). The minimum atomic E-state index is -0.241. The highest BCUT2D eigenvalue weighted by atomic mass is 35.5. The van der Waals surface area contributed by atoms with Crippen LogP contribution >= 0.6 is 23.2 Å². The lowest BCUT2D eigenvalue weighted by Crippen LogP contribution is -2.12. The average molecular weight is 423 g/mol. The first-order valence-electron chi connectivity index (χ1n) is 8.80. The third-order valence-corrected chi connectivity index (χ3v) is 5.26. The Hall–Kier alpha value is -3.15. The summed E-state index contributed by atoms with van der Waals surface area (Å²) >= 11 is 12.3. The van der Waals surface area contributed by atoms with E-state index in [9.17, 15) is 4.79 Å². The van der Waals surface area contributed by atoms with Gasteiger partial charge in [-0.25, -0.2) is 9.97 Å². The second-order valence-corrected chi connectivity index (χ2v) is 7.44. The Kier molecular flexibility index (Phi) is 5.09. The number of fused-ring (bicyclic) bond motifs is 1. The van der Waals surface area contributed by atoms with Crippen molar-refractivity contribution in [1.29, 1.82) is 0 Å². The van der Waals surface area contributed by atoms with E-state index in [2.05, 4.69) is 15.3 Å². The Morgan fingerprint density at radius 2 is 1.79 bits per heavy atom. The van der Waals surface area contributed by atoms with E-state index in [1.165, 1.54) is 0 Å². The smallest absolute Gasteiger partial charge is 0.255 e. The van der Waals surface area contributed by atoms with E-state index in [0.29, 0.717) is 21.3 Å². The molecule has 0 aliphatic heterocycles. The lowest BCUT2D eigenvalue weighted by atomic mass is 9.98. The average Bonchev–Trinajstić information content (AvgIpc) is 2.70. The number of carbonyl (C=O) groups excluding carboxylic acids is 1. The fourth-order valence-electron chi connectivity index (χ4n) is 3.07. The molecule has 0 atom stereocenters. The van der Waals surface area contributed by atoms with Gasteiger partial charge in [-0.2, -0.15) is 0 Å². The number of nitrogen functional groups attached to an aromatic ring is 1. The summed E-state index contributed by atoms with van der Waals surface area (Å²) in [7, 11) is 0. The maximum absolute atomic E-state index is 12.6. The van der Waals surface area contributed by atoms with E-state index < -0.39 is 0 Å². The lowest BCUT2D eigenvalue weighted by Gasteiger charge is -2.13. The van der Waals surface area contributed by atoms with Gasteiger partial charge in [0.15, 0.2) is 0 Å². The van der Waals surface area contributed by atoms with Crippen molar-refractivity contribution in [2.24, 2.45) is 0 Å². The van der Waals surface area contributed by atoms with Gasteiger partial charge in [-0.3, -0.25) is 4.79 Å². The number of halogens is 2. The van der Waals surface area contributed by atoms with E-state index in [0.717, 1.165) is 27.6 Å². The normalized spacial score (nSPS) is 10.9. The molecule has 1 aromatic heterocycles. The molecule has 0 saturated carbocycles. The third kappa shape index (κ3) is 4.01. The molecule has 0 saturated heterocycles. The number of nitrogens with zero attached hydrogens (tertiary/aromatic N) is 2. The number of aromatic nitrogens is 2. The zero-order valence-electron chi connectivity index (χ0n) is 15.4. The Morgan fingerprint density at radius 3 is 2.55 bits per heavy atom. The van der Waals surface area contributed by atoms with Gasteiger partial charge in [-0.15, -0.1) is 0 Å². The SMILES string of the molecule is Cc1c(Cl)cc(NC(=O)c2ccc(Cl)cc2)cc1-c1ccc2nc(N)ncc2c1. The van der Waals surface area contributed by atoms with Crippen molar-refractivity contribution in [3.8, 4) is 11.1 Å². The predicted molar refractivity (Wildman–Crippen MR) is 119 cm³/mol. The molecule has 3 N–H and O–H groups in total. The minimum absolute atomic E-state index is 0.233. The molecule has 0 unspecified atom stereocenters. The molecule has 0 radical (unpaired) electrons. The van der Waals surface area contributed by atoms with Crippen LogP contribution in [0.15, 0.2) is 60.8 Å². The molecule has 0 aliphatic carbocycles. The molecule has 144 valence electrons. The molecule has 0 spiro atoms. The van der Waals surface area contributed by atoms with Gasteiger partial charge in [0.05, 0.1) is 5.52 Å². The number of hydrogen-bond acceptors (Lipinski definition) is 4. The minimum Gasteiger partial charge on any atom is -0.368 e. The molecule has 4 rings (SSSR count). The number of rotatable bonds is 3. The fraction of sp³-hybridized carbons (Fsp3) is 0.0455. The monoisotopic (exact) mass is 422 g/mol. The van der Waals surface area contributed by atoms with Crippen LogP contribution in [-0.2, 0) is 0 Å². The van der Waals surface area contributed by atoms with Gasteiger partial charge in [0.2, 0.25) is 5.95 Å². The van der Waals surface area contributed by atoms with Gasteiger partial charge >= 0.3 is 0 Å². The second-order valence-electron chi connectivity index (χ2n) is 6.59. The van der Waals surface area contributed by atoms with Crippen molar-refractivity contribution < 1.29 is 4.79 Å². The number of benzene rings is 3. The zero-order valence-corrected chi connectivity index (χ0v) is 16.9. The van der Waals surface area contributed by atoms with Crippen LogP contribution in [0, 0.1) is 6.92 Å². The lowest BCUT2D eigenvalue weighted by molar-refractivity contribution is 0.102. The van der Waals surface area contributed by atoms with Crippen LogP contribution in [0.1, 0.15) is 15.9 Å². The summed E-state index contributed by atoms with van der Waals surface area (Å²) in [4.78, 5) is 20.8. The Labute approximate surface area is 177 Å². The van der Waals surface area contributed by atoms with E-state index in [1.54, 1.807) is 36.5 Å². The van der Waals surface area contributed by atoms with E-state index >= 15 is 0 Å². The van der Waals surface area contributed by atoms with E-state index in [-0.39, 0.29) is 11.9 Å². The van der Waals surface area contributed by atoms with Crippen molar-refractivity contribution in [3.05, 3.63) is 82.0 Å². The summed E-state index contributed by atoms with van der Waals surface area (Å²) in [5.74, 6) is -0.00805. The summed E-state index contributed by atoms with van der Waals surface area (Å²) in [5, 5.41) is 4.89. The van der Waals surface area contributed by atoms with Gasteiger partial charge < -0.3 is 11.1 Å². The highest BCUT2D eigenvalue weighted by Gasteiger charge is 2.12. The molecular weight excluding hydrogens is 407 g/mol.